The zero-order chi connectivity index (χ0) is 22.3. The molecule has 3 fully saturated rings. The number of thiocarbonyl (C=S) groups is 1. The van der Waals surface area contributed by atoms with E-state index in [1.807, 2.05) is 29.2 Å². The van der Waals surface area contributed by atoms with Crippen LogP contribution in [-0.2, 0) is 4.79 Å². The predicted octanol–water partition coefficient (Wildman–Crippen LogP) is 3.49. The van der Waals surface area contributed by atoms with Gasteiger partial charge in [-0.25, -0.2) is 4.98 Å². The van der Waals surface area contributed by atoms with Gasteiger partial charge in [-0.2, -0.15) is 5.26 Å². The predicted molar refractivity (Wildman–Crippen MR) is 126 cm³/mol. The number of carbonyl (C=O) groups excluding carboxylic acids is 1. The molecule has 1 aliphatic carbocycles. The third-order valence-corrected chi connectivity index (χ3v) is 7.15. The molecule has 0 radical (unpaired) electrons. The molecule has 1 spiro atoms. The Balaban J connectivity index is 1.42. The SMILES string of the molecule is CN1CCC(Oc2ccc(N3C(=S)N(c4cccnc4C#N)C(=O)C34CCC4)cc2)CC1. The van der Waals surface area contributed by atoms with Gasteiger partial charge >= 0.3 is 0 Å². The van der Waals surface area contributed by atoms with Crippen LogP contribution >= 0.6 is 12.2 Å². The minimum absolute atomic E-state index is 0.0788. The third kappa shape index (κ3) is 3.33. The molecule has 2 aromatic rings. The minimum atomic E-state index is -0.685. The van der Waals surface area contributed by atoms with Gasteiger partial charge in [-0.05, 0) is 87.8 Å². The number of benzene rings is 1. The van der Waals surface area contributed by atoms with Crippen molar-refractivity contribution in [1.82, 2.24) is 9.88 Å². The topological polar surface area (TPSA) is 72.7 Å². The minimum Gasteiger partial charge on any atom is -0.490 e. The van der Waals surface area contributed by atoms with Crippen LogP contribution in [0.4, 0.5) is 11.4 Å². The average molecular weight is 448 g/mol. The Morgan fingerprint density at radius 1 is 1.19 bits per heavy atom. The highest BCUT2D eigenvalue weighted by atomic mass is 32.1. The Kier molecular flexibility index (Phi) is 5.31. The number of amides is 1. The lowest BCUT2D eigenvalue weighted by Gasteiger charge is -2.43. The van der Waals surface area contributed by atoms with Gasteiger partial charge in [0.2, 0.25) is 0 Å². The van der Waals surface area contributed by atoms with E-state index in [9.17, 15) is 10.1 Å². The molecule has 0 bridgehead atoms. The molecule has 32 heavy (non-hydrogen) atoms. The molecule has 3 heterocycles. The van der Waals surface area contributed by atoms with Gasteiger partial charge < -0.3 is 14.5 Å². The Bertz CT molecular complexity index is 1080. The first kappa shape index (κ1) is 20.9. The van der Waals surface area contributed by atoms with Gasteiger partial charge in [-0.1, -0.05) is 0 Å². The summed E-state index contributed by atoms with van der Waals surface area (Å²) >= 11 is 5.79. The number of pyridine rings is 1. The average Bonchev–Trinajstić information content (AvgIpc) is 3.02. The van der Waals surface area contributed by atoms with Crippen LogP contribution < -0.4 is 14.5 Å². The van der Waals surface area contributed by atoms with Gasteiger partial charge in [0.1, 0.15) is 23.5 Å². The maximum absolute atomic E-state index is 13.6. The van der Waals surface area contributed by atoms with Gasteiger partial charge in [0, 0.05) is 25.0 Å². The number of carbonyl (C=O) groups is 1. The van der Waals surface area contributed by atoms with Crippen molar-refractivity contribution in [2.24, 2.45) is 0 Å². The summed E-state index contributed by atoms with van der Waals surface area (Å²) in [6, 6.07) is 13.4. The van der Waals surface area contributed by atoms with Gasteiger partial charge in [-0.3, -0.25) is 9.69 Å². The third-order valence-electron chi connectivity index (χ3n) is 6.79. The Morgan fingerprint density at radius 3 is 2.53 bits per heavy atom. The fourth-order valence-corrected chi connectivity index (χ4v) is 5.29. The number of rotatable bonds is 4. The van der Waals surface area contributed by atoms with E-state index in [4.69, 9.17) is 17.0 Å². The fraction of sp³-hybridized carbons (Fsp3) is 0.417. The number of ether oxygens (including phenoxy) is 1. The second-order valence-corrected chi connectivity index (χ2v) is 9.11. The lowest BCUT2D eigenvalue weighted by molar-refractivity contribution is -0.123. The summed E-state index contributed by atoms with van der Waals surface area (Å²) in [6.07, 6.45) is 6.26. The molecule has 7 nitrogen and oxygen atoms in total. The first-order valence-electron chi connectivity index (χ1n) is 11.0. The first-order chi connectivity index (χ1) is 15.5. The Hall–Kier alpha value is -3.02. The quantitative estimate of drug-likeness (QED) is 0.665. The van der Waals surface area contributed by atoms with E-state index in [1.54, 1.807) is 18.3 Å². The van der Waals surface area contributed by atoms with Crippen LogP contribution in [0.25, 0.3) is 0 Å². The van der Waals surface area contributed by atoms with Crippen molar-refractivity contribution < 1.29 is 9.53 Å². The summed E-state index contributed by atoms with van der Waals surface area (Å²) in [7, 11) is 2.13. The largest absolute Gasteiger partial charge is 0.490 e. The van der Waals surface area contributed by atoms with Crippen LogP contribution in [0.1, 0.15) is 37.8 Å². The van der Waals surface area contributed by atoms with Crippen LogP contribution in [0.2, 0.25) is 0 Å². The van der Waals surface area contributed by atoms with Gasteiger partial charge in [-0.15, -0.1) is 0 Å². The van der Waals surface area contributed by atoms with Crippen molar-refractivity contribution in [2.75, 3.05) is 29.9 Å². The van der Waals surface area contributed by atoms with Crippen LogP contribution in [0.3, 0.4) is 0 Å². The summed E-state index contributed by atoms with van der Waals surface area (Å²) in [5.41, 5.74) is 0.821. The molecule has 5 rings (SSSR count). The molecule has 1 aromatic carbocycles. The number of anilines is 2. The van der Waals surface area contributed by atoms with Crippen molar-refractivity contribution in [1.29, 1.82) is 5.26 Å². The molecule has 0 atom stereocenters. The number of aromatic nitrogens is 1. The van der Waals surface area contributed by atoms with E-state index in [0.717, 1.165) is 56.6 Å². The zero-order valence-electron chi connectivity index (χ0n) is 18.0. The highest BCUT2D eigenvalue weighted by Gasteiger charge is 2.59. The lowest BCUT2D eigenvalue weighted by Crippen LogP contribution is -2.55. The van der Waals surface area contributed by atoms with E-state index < -0.39 is 5.54 Å². The van der Waals surface area contributed by atoms with E-state index in [-0.39, 0.29) is 17.7 Å². The fourth-order valence-electron chi connectivity index (χ4n) is 4.83. The standard InChI is InChI=1S/C24H25N5O2S/c1-27-14-9-19(10-15-27)31-18-7-5-17(6-8-18)29-23(32)28(22(30)24(29)11-3-12-24)21-4-2-13-26-20(21)16-25/h2,4-8,13,19H,3,9-12,14-15H2,1H3. The molecule has 164 valence electrons. The smallest absolute Gasteiger partial charge is 0.259 e. The number of likely N-dealkylation sites (tertiary alicyclic amines) is 1. The molecule has 1 saturated carbocycles. The summed E-state index contributed by atoms with van der Waals surface area (Å²) in [5.74, 6) is 0.753. The second-order valence-electron chi connectivity index (χ2n) is 8.74. The summed E-state index contributed by atoms with van der Waals surface area (Å²) in [5, 5.41) is 9.88. The number of nitrogens with zero attached hydrogens (tertiary/aromatic N) is 5. The highest BCUT2D eigenvalue weighted by molar-refractivity contribution is 7.81. The number of piperidine rings is 1. The second kappa shape index (κ2) is 8.15. The monoisotopic (exact) mass is 447 g/mol. The highest BCUT2D eigenvalue weighted by Crippen LogP contribution is 2.48. The molecule has 2 saturated heterocycles. The molecule has 3 aliphatic rings. The van der Waals surface area contributed by atoms with Crippen molar-refractivity contribution >= 4 is 34.6 Å². The number of hydrogen-bond donors (Lipinski definition) is 0. The first-order valence-corrected chi connectivity index (χ1v) is 11.4. The van der Waals surface area contributed by atoms with Crippen molar-refractivity contribution in [3.63, 3.8) is 0 Å². The molecular weight excluding hydrogens is 422 g/mol. The van der Waals surface area contributed by atoms with Crippen LogP contribution in [0.15, 0.2) is 42.6 Å². The van der Waals surface area contributed by atoms with Gasteiger partial charge in [0.15, 0.2) is 10.8 Å². The van der Waals surface area contributed by atoms with Crippen molar-refractivity contribution in [3.8, 4) is 11.8 Å². The van der Waals surface area contributed by atoms with Crippen molar-refractivity contribution in [3.05, 3.63) is 48.3 Å². The molecule has 0 unspecified atom stereocenters. The van der Waals surface area contributed by atoms with Crippen molar-refractivity contribution in [2.45, 2.75) is 43.7 Å². The summed E-state index contributed by atoms with van der Waals surface area (Å²) < 4.78 is 6.18. The van der Waals surface area contributed by atoms with Gasteiger partial charge in [0.25, 0.3) is 5.91 Å². The zero-order valence-corrected chi connectivity index (χ0v) is 18.8. The van der Waals surface area contributed by atoms with Crippen LogP contribution in [0.5, 0.6) is 5.75 Å². The van der Waals surface area contributed by atoms with Crippen LogP contribution in [-0.4, -0.2) is 52.7 Å². The van der Waals surface area contributed by atoms with Crippen LogP contribution in [0, 0.1) is 11.3 Å². The molecule has 1 amide bonds. The number of nitriles is 1. The summed E-state index contributed by atoms with van der Waals surface area (Å²) in [6.45, 7) is 2.09. The summed E-state index contributed by atoms with van der Waals surface area (Å²) in [4.78, 5) is 23.4. The Labute approximate surface area is 193 Å². The van der Waals surface area contributed by atoms with E-state index in [1.165, 1.54) is 4.90 Å². The molecule has 8 heteroatoms. The molecule has 2 aliphatic heterocycles. The maximum atomic E-state index is 13.6. The van der Waals surface area contributed by atoms with E-state index in [2.05, 4.69) is 23.0 Å². The molecule has 0 N–H and O–H groups in total. The Morgan fingerprint density at radius 2 is 1.91 bits per heavy atom. The maximum Gasteiger partial charge on any atom is 0.259 e. The number of hydrogen-bond acceptors (Lipinski definition) is 6. The van der Waals surface area contributed by atoms with E-state index >= 15 is 0 Å². The van der Waals surface area contributed by atoms with E-state index in [0.29, 0.717) is 10.8 Å². The lowest BCUT2D eigenvalue weighted by atomic mass is 9.75. The van der Waals surface area contributed by atoms with Gasteiger partial charge in [0.05, 0.1) is 5.69 Å². The normalized spacial score (nSPS) is 21.0. The molecular formula is C24H25N5O2S. The molecule has 1 aromatic heterocycles.